The summed E-state index contributed by atoms with van der Waals surface area (Å²) in [7, 11) is 1.61. The molecule has 2 aromatic carbocycles. The fourth-order valence-corrected chi connectivity index (χ4v) is 3.03. The number of carboxylic acids is 1. The van der Waals surface area contributed by atoms with Gasteiger partial charge in [-0.1, -0.05) is 45.0 Å². The zero-order valence-electron chi connectivity index (χ0n) is 15.0. The Labute approximate surface area is 147 Å². The molecule has 0 saturated carbocycles. The monoisotopic (exact) mass is 337 g/mol. The van der Waals surface area contributed by atoms with Crippen molar-refractivity contribution in [3.05, 3.63) is 65.4 Å². The smallest absolute Gasteiger partial charge is 0.337 e. The van der Waals surface area contributed by atoms with Gasteiger partial charge in [0, 0.05) is 24.2 Å². The van der Waals surface area contributed by atoms with Crippen LogP contribution >= 0.6 is 0 Å². The number of benzene rings is 2. The van der Waals surface area contributed by atoms with Crippen LogP contribution in [0.4, 0.5) is 0 Å². The predicted molar refractivity (Wildman–Crippen MR) is 99.7 cm³/mol. The number of aromatic nitrogens is 1. The molecule has 0 aliphatic heterocycles. The third-order valence-corrected chi connectivity index (χ3v) is 4.47. The number of aromatic carboxylic acids is 1. The highest BCUT2D eigenvalue weighted by Crippen LogP contribution is 2.28. The minimum absolute atomic E-state index is 0.0736. The largest absolute Gasteiger partial charge is 0.497 e. The van der Waals surface area contributed by atoms with Gasteiger partial charge in [0.15, 0.2) is 0 Å². The lowest BCUT2D eigenvalue weighted by atomic mass is 9.86. The van der Waals surface area contributed by atoms with E-state index in [-0.39, 0.29) is 5.41 Å². The van der Waals surface area contributed by atoms with E-state index in [9.17, 15) is 9.90 Å². The van der Waals surface area contributed by atoms with E-state index in [1.165, 1.54) is 5.56 Å². The van der Waals surface area contributed by atoms with E-state index in [1.807, 2.05) is 10.6 Å². The third-order valence-electron chi connectivity index (χ3n) is 4.47. The van der Waals surface area contributed by atoms with Crippen LogP contribution in [0.2, 0.25) is 0 Å². The molecule has 0 saturated heterocycles. The highest BCUT2D eigenvalue weighted by atomic mass is 16.5. The van der Waals surface area contributed by atoms with Crippen LogP contribution in [0.1, 0.15) is 42.3 Å². The second-order valence-corrected chi connectivity index (χ2v) is 7.31. The number of ether oxygens (including phenoxy) is 1. The van der Waals surface area contributed by atoms with Gasteiger partial charge in [0.25, 0.3) is 0 Å². The molecule has 3 aromatic rings. The summed E-state index contributed by atoms with van der Waals surface area (Å²) in [6, 6.07) is 13.9. The molecule has 1 aromatic heterocycles. The quantitative estimate of drug-likeness (QED) is 0.751. The Balaban J connectivity index is 2.08. The maximum absolute atomic E-state index is 11.6. The summed E-state index contributed by atoms with van der Waals surface area (Å²) in [6.45, 7) is 7.17. The van der Waals surface area contributed by atoms with E-state index in [4.69, 9.17) is 4.74 Å². The van der Waals surface area contributed by atoms with Crippen molar-refractivity contribution in [2.45, 2.75) is 32.7 Å². The van der Waals surface area contributed by atoms with Crippen molar-refractivity contribution in [1.82, 2.24) is 4.57 Å². The molecule has 0 unspecified atom stereocenters. The van der Waals surface area contributed by atoms with Gasteiger partial charge in [0.05, 0.1) is 18.2 Å². The van der Waals surface area contributed by atoms with E-state index < -0.39 is 5.97 Å². The second-order valence-electron chi connectivity index (χ2n) is 7.31. The molecule has 1 N–H and O–H groups in total. The molecule has 0 bridgehead atoms. The number of fused-ring (bicyclic) bond motifs is 1. The van der Waals surface area contributed by atoms with Gasteiger partial charge in [-0.05, 0) is 28.7 Å². The van der Waals surface area contributed by atoms with E-state index in [2.05, 4.69) is 45.0 Å². The highest BCUT2D eigenvalue weighted by molar-refractivity contribution is 6.03. The van der Waals surface area contributed by atoms with Gasteiger partial charge >= 0.3 is 5.97 Å². The lowest BCUT2D eigenvalue weighted by Crippen LogP contribution is -2.11. The molecule has 0 fully saturated rings. The summed E-state index contributed by atoms with van der Waals surface area (Å²) in [5.74, 6) is -0.204. The van der Waals surface area contributed by atoms with E-state index >= 15 is 0 Å². The molecule has 1 heterocycles. The first-order valence-corrected chi connectivity index (χ1v) is 8.29. The minimum Gasteiger partial charge on any atom is -0.497 e. The maximum atomic E-state index is 11.6. The summed E-state index contributed by atoms with van der Waals surface area (Å²) in [5.41, 5.74) is 3.65. The van der Waals surface area contributed by atoms with Gasteiger partial charge in [-0.25, -0.2) is 4.79 Å². The van der Waals surface area contributed by atoms with Crippen molar-refractivity contribution < 1.29 is 14.6 Å². The summed E-state index contributed by atoms with van der Waals surface area (Å²) in [5, 5.41) is 10.2. The maximum Gasteiger partial charge on any atom is 0.337 e. The SMILES string of the molecule is COc1ccc2c(C(=O)O)cn(Cc3cccc(C(C)(C)C)c3)c2c1. The molecule has 0 radical (unpaired) electrons. The Hall–Kier alpha value is -2.75. The van der Waals surface area contributed by atoms with Crippen LogP contribution < -0.4 is 4.74 Å². The van der Waals surface area contributed by atoms with E-state index in [1.54, 1.807) is 25.4 Å². The Morgan fingerprint density at radius 3 is 2.56 bits per heavy atom. The number of carboxylic acid groups (broad SMARTS) is 1. The topological polar surface area (TPSA) is 51.5 Å². The van der Waals surface area contributed by atoms with Crippen LogP contribution in [0.25, 0.3) is 10.9 Å². The van der Waals surface area contributed by atoms with Crippen LogP contribution in [0, 0.1) is 0 Å². The van der Waals surface area contributed by atoms with Gasteiger partial charge in [-0.2, -0.15) is 0 Å². The highest BCUT2D eigenvalue weighted by Gasteiger charge is 2.17. The second kappa shape index (κ2) is 6.28. The van der Waals surface area contributed by atoms with Gasteiger partial charge in [-0.3, -0.25) is 0 Å². The van der Waals surface area contributed by atoms with Gasteiger partial charge in [-0.15, -0.1) is 0 Å². The first-order chi connectivity index (χ1) is 11.8. The summed E-state index contributed by atoms with van der Waals surface area (Å²) in [4.78, 5) is 11.6. The molecule has 0 spiro atoms. The van der Waals surface area contributed by atoms with Gasteiger partial charge in [0.1, 0.15) is 5.75 Å². The number of methoxy groups -OCH3 is 1. The fourth-order valence-electron chi connectivity index (χ4n) is 3.03. The minimum atomic E-state index is -0.919. The number of hydrogen-bond acceptors (Lipinski definition) is 2. The van der Waals surface area contributed by atoms with Crippen molar-refractivity contribution in [3.8, 4) is 5.75 Å². The Morgan fingerprint density at radius 1 is 1.16 bits per heavy atom. The molecular formula is C21H23NO3. The molecule has 4 nitrogen and oxygen atoms in total. The van der Waals surface area contributed by atoms with Crippen LogP contribution in [0.15, 0.2) is 48.7 Å². The Morgan fingerprint density at radius 2 is 1.92 bits per heavy atom. The molecule has 0 atom stereocenters. The third kappa shape index (κ3) is 3.38. The number of carbonyl (C=O) groups is 1. The lowest BCUT2D eigenvalue weighted by molar-refractivity contribution is 0.0699. The van der Waals surface area contributed by atoms with Crippen molar-refractivity contribution in [2.75, 3.05) is 7.11 Å². The fraction of sp³-hybridized carbons (Fsp3) is 0.286. The summed E-state index contributed by atoms with van der Waals surface area (Å²) in [6.07, 6.45) is 1.70. The molecule has 0 aliphatic rings. The average molecular weight is 337 g/mol. The zero-order chi connectivity index (χ0) is 18.2. The van der Waals surface area contributed by atoms with Gasteiger partial charge < -0.3 is 14.4 Å². The predicted octanol–water partition coefficient (Wildman–Crippen LogP) is 4.69. The van der Waals surface area contributed by atoms with Gasteiger partial charge in [0.2, 0.25) is 0 Å². The van der Waals surface area contributed by atoms with Crippen molar-refractivity contribution in [3.63, 3.8) is 0 Å². The van der Waals surface area contributed by atoms with Crippen molar-refractivity contribution in [2.24, 2.45) is 0 Å². The van der Waals surface area contributed by atoms with E-state index in [0.717, 1.165) is 16.5 Å². The number of hydrogen-bond donors (Lipinski definition) is 1. The molecule has 130 valence electrons. The van der Waals surface area contributed by atoms with Crippen LogP contribution in [0.3, 0.4) is 0 Å². The molecule has 0 aliphatic carbocycles. The van der Waals surface area contributed by atoms with Crippen LogP contribution in [-0.4, -0.2) is 22.8 Å². The molecule has 0 amide bonds. The van der Waals surface area contributed by atoms with E-state index in [0.29, 0.717) is 17.9 Å². The number of rotatable bonds is 4. The van der Waals surface area contributed by atoms with Crippen molar-refractivity contribution in [1.29, 1.82) is 0 Å². The normalized spacial score (nSPS) is 11.7. The van der Waals surface area contributed by atoms with Crippen molar-refractivity contribution >= 4 is 16.9 Å². The average Bonchev–Trinajstić information content (AvgIpc) is 2.92. The standard InChI is InChI=1S/C21H23NO3/c1-21(2,3)15-7-5-6-14(10-15)12-22-13-18(20(23)24)17-9-8-16(25-4)11-19(17)22/h5-11,13H,12H2,1-4H3,(H,23,24). The molecule has 25 heavy (non-hydrogen) atoms. The van der Waals surface area contributed by atoms with Crippen LogP contribution in [0.5, 0.6) is 5.75 Å². The Kier molecular flexibility index (Phi) is 4.29. The first-order valence-electron chi connectivity index (χ1n) is 8.29. The first kappa shape index (κ1) is 17.1. The zero-order valence-corrected chi connectivity index (χ0v) is 15.0. The Bertz CT molecular complexity index is 932. The molecular weight excluding hydrogens is 314 g/mol. The molecule has 4 heteroatoms. The molecule has 3 rings (SSSR count). The van der Waals surface area contributed by atoms with Crippen LogP contribution in [-0.2, 0) is 12.0 Å². The lowest BCUT2D eigenvalue weighted by Gasteiger charge is -2.20. The summed E-state index contributed by atoms with van der Waals surface area (Å²) < 4.78 is 7.28. The summed E-state index contributed by atoms with van der Waals surface area (Å²) >= 11 is 0. The number of nitrogens with zero attached hydrogens (tertiary/aromatic N) is 1.